The van der Waals surface area contributed by atoms with E-state index >= 15 is 0 Å². The molecular weight excluding hydrogens is 782 g/mol. The van der Waals surface area contributed by atoms with Gasteiger partial charge < -0.3 is 18.9 Å². The van der Waals surface area contributed by atoms with Gasteiger partial charge in [0.25, 0.3) is 0 Å². The normalized spacial score (nSPS) is 14.0. The molecular formula is C52H99NO7P+. The maximum absolute atomic E-state index is 12.8. The number of hydrogen-bond donors (Lipinski definition) is 1. The summed E-state index contributed by atoms with van der Waals surface area (Å²) in [5.41, 5.74) is 0. The van der Waals surface area contributed by atoms with Crippen molar-refractivity contribution in [3.05, 3.63) is 48.6 Å². The summed E-state index contributed by atoms with van der Waals surface area (Å²) in [4.78, 5) is 23.0. The molecule has 0 fully saturated rings. The van der Waals surface area contributed by atoms with Gasteiger partial charge in [0.15, 0.2) is 0 Å². The smallest absolute Gasteiger partial charge is 0.457 e. The summed E-state index contributed by atoms with van der Waals surface area (Å²) in [5.74, 6) is -0.319. The first-order valence-corrected chi connectivity index (χ1v) is 26.9. The van der Waals surface area contributed by atoms with E-state index in [0.717, 1.165) is 51.4 Å². The topological polar surface area (TPSA) is 91.3 Å². The van der Waals surface area contributed by atoms with E-state index in [-0.39, 0.29) is 25.8 Å². The number of likely N-dealkylation sites (N-methyl/N-ethyl adjacent to an activating group) is 1. The van der Waals surface area contributed by atoms with Crippen LogP contribution in [0.5, 0.6) is 0 Å². The highest BCUT2D eigenvalue weighted by Gasteiger charge is 2.26. The van der Waals surface area contributed by atoms with Crippen molar-refractivity contribution in [3.8, 4) is 0 Å². The highest BCUT2D eigenvalue weighted by molar-refractivity contribution is 7.47. The standard InChI is InChI=1S/C52H98NO7P/c1-6-8-10-12-14-16-18-20-22-24-26-28-30-32-34-36-38-40-42-44-47-57-49-51(50-59-61(55,56)58-48-46-53(3,4)5)60-52(54)45-43-41-39-37-35-33-31-29-27-25-23-21-19-17-15-13-11-9-7-2/h14,16,20-23,26,28,51H,6-13,15,17-19,24-25,27,29-50H2,1-5H3/p+1/b16-14-,22-20-,23-21-,28-26-. The molecule has 2 unspecified atom stereocenters. The minimum atomic E-state index is -4.28. The van der Waals surface area contributed by atoms with Crippen LogP contribution < -0.4 is 0 Å². The average Bonchev–Trinajstić information content (AvgIpc) is 3.22. The summed E-state index contributed by atoms with van der Waals surface area (Å²) in [6, 6.07) is 0. The Balaban J connectivity index is 4.18. The summed E-state index contributed by atoms with van der Waals surface area (Å²) in [5, 5.41) is 0. The third kappa shape index (κ3) is 49.3. The summed E-state index contributed by atoms with van der Waals surface area (Å²) in [7, 11) is 1.66. The number of carbonyl (C=O) groups is 1. The minimum Gasteiger partial charge on any atom is -0.457 e. The molecule has 2 atom stereocenters. The number of phosphoric ester groups is 1. The third-order valence-corrected chi connectivity index (χ3v) is 11.8. The Bertz CT molecular complexity index is 1120. The van der Waals surface area contributed by atoms with Gasteiger partial charge in [-0.2, -0.15) is 0 Å². The van der Waals surface area contributed by atoms with Crippen molar-refractivity contribution >= 4 is 13.8 Å². The Hall–Kier alpha value is -1.54. The largest absolute Gasteiger partial charge is 0.472 e. The third-order valence-electron chi connectivity index (χ3n) is 10.9. The predicted octanol–water partition coefficient (Wildman–Crippen LogP) is 15.5. The zero-order valence-electron chi connectivity index (χ0n) is 40.7. The van der Waals surface area contributed by atoms with Crippen molar-refractivity contribution in [1.82, 2.24) is 0 Å². The van der Waals surface area contributed by atoms with Crippen LogP contribution in [-0.2, 0) is 27.9 Å². The molecule has 0 amide bonds. The van der Waals surface area contributed by atoms with Crippen LogP contribution in [0, 0.1) is 0 Å². The molecule has 0 aliphatic carbocycles. The Kier molecular flexibility index (Phi) is 43.9. The van der Waals surface area contributed by atoms with Crippen molar-refractivity contribution in [2.45, 2.75) is 225 Å². The van der Waals surface area contributed by atoms with E-state index < -0.39 is 13.9 Å². The molecule has 0 aliphatic rings. The molecule has 0 aromatic heterocycles. The number of carbonyl (C=O) groups excluding carboxylic acids is 1. The number of ether oxygens (including phenoxy) is 2. The average molecular weight is 881 g/mol. The lowest BCUT2D eigenvalue weighted by molar-refractivity contribution is -0.870. The minimum absolute atomic E-state index is 0.0852. The lowest BCUT2D eigenvalue weighted by atomic mass is 10.1. The van der Waals surface area contributed by atoms with Gasteiger partial charge in [-0.25, -0.2) is 4.57 Å². The lowest BCUT2D eigenvalue weighted by Crippen LogP contribution is -2.37. The molecule has 61 heavy (non-hydrogen) atoms. The second-order valence-electron chi connectivity index (χ2n) is 18.2. The van der Waals surface area contributed by atoms with Gasteiger partial charge in [0.1, 0.15) is 19.3 Å². The van der Waals surface area contributed by atoms with Crippen molar-refractivity contribution in [2.75, 3.05) is 54.1 Å². The summed E-state index contributed by atoms with van der Waals surface area (Å²) in [6.45, 7) is 5.59. The summed E-state index contributed by atoms with van der Waals surface area (Å²) in [6.07, 6.45) is 55.8. The molecule has 8 nitrogen and oxygen atoms in total. The van der Waals surface area contributed by atoms with Gasteiger partial charge >= 0.3 is 13.8 Å². The highest BCUT2D eigenvalue weighted by Crippen LogP contribution is 2.43. The highest BCUT2D eigenvalue weighted by atomic mass is 31.2. The van der Waals surface area contributed by atoms with Crippen LogP contribution in [0.15, 0.2) is 48.6 Å². The van der Waals surface area contributed by atoms with Crippen molar-refractivity contribution in [1.29, 1.82) is 0 Å². The first-order chi connectivity index (χ1) is 29.6. The number of nitrogens with zero attached hydrogens (tertiary/aromatic N) is 1. The molecule has 0 bridgehead atoms. The zero-order valence-corrected chi connectivity index (χ0v) is 41.5. The second kappa shape index (κ2) is 45.0. The fraction of sp³-hybridized carbons (Fsp3) is 0.827. The Morgan fingerprint density at radius 2 is 0.902 bits per heavy atom. The number of esters is 1. The number of hydrogen-bond acceptors (Lipinski definition) is 6. The van der Waals surface area contributed by atoms with Gasteiger partial charge in [0.05, 0.1) is 34.4 Å². The number of rotatable bonds is 47. The molecule has 1 N–H and O–H groups in total. The van der Waals surface area contributed by atoms with E-state index in [1.807, 2.05) is 21.1 Å². The maximum atomic E-state index is 12.8. The van der Waals surface area contributed by atoms with Crippen molar-refractivity contribution in [2.24, 2.45) is 0 Å². The van der Waals surface area contributed by atoms with Crippen LogP contribution in [0.3, 0.4) is 0 Å². The van der Waals surface area contributed by atoms with E-state index in [9.17, 15) is 14.3 Å². The molecule has 0 spiro atoms. The van der Waals surface area contributed by atoms with E-state index in [0.29, 0.717) is 24.1 Å². The van der Waals surface area contributed by atoms with Gasteiger partial charge in [-0.3, -0.25) is 13.8 Å². The van der Waals surface area contributed by atoms with E-state index in [4.69, 9.17) is 18.5 Å². The first-order valence-electron chi connectivity index (χ1n) is 25.4. The lowest BCUT2D eigenvalue weighted by Gasteiger charge is -2.24. The fourth-order valence-corrected chi connectivity index (χ4v) is 7.65. The van der Waals surface area contributed by atoms with Gasteiger partial charge in [-0.05, 0) is 77.0 Å². The second-order valence-corrected chi connectivity index (χ2v) is 19.6. The number of quaternary nitrogens is 1. The molecule has 0 aliphatic heterocycles. The van der Waals surface area contributed by atoms with E-state index in [2.05, 4.69) is 62.5 Å². The van der Waals surface area contributed by atoms with Gasteiger partial charge in [0, 0.05) is 13.0 Å². The predicted molar refractivity (Wildman–Crippen MR) is 261 cm³/mol. The Morgan fingerprint density at radius 1 is 0.508 bits per heavy atom. The van der Waals surface area contributed by atoms with Crippen molar-refractivity contribution in [3.63, 3.8) is 0 Å². The molecule has 0 aromatic rings. The molecule has 0 heterocycles. The quantitative estimate of drug-likeness (QED) is 0.0214. The van der Waals surface area contributed by atoms with Crippen LogP contribution in [0.1, 0.15) is 219 Å². The molecule has 0 saturated carbocycles. The van der Waals surface area contributed by atoms with Gasteiger partial charge in [-0.15, -0.1) is 0 Å². The Morgan fingerprint density at radius 3 is 1.39 bits per heavy atom. The summed E-state index contributed by atoms with van der Waals surface area (Å²) < 4.78 is 35.1. The zero-order chi connectivity index (χ0) is 44.8. The molecule has 0 aromatic carbocycles. The molecule has 358 valence electrons. The van der Waals surface area contributed by atoms with Crippen LogP contribution in [0.25, 0.3) is 0 Å². The van der Waals surface area contributed by atoms with Gasteiger partial charge in [-0.1, -0.05) is 184 Å². The summed E-state index contributed by atoms with van der Waals surface area (Å²) >= 11 is 0. The molecule has 9 heteroatoms. The van der Waals surface area contributed by atoms with E-state index in [1.54, 1.807) is 0 Å². The van der Waals surface area contributed by atoms with Crippen LogP contribution in [-0.4, -0.2) is 75.6 Å². The SMILES string of the molecule is CCCCC/C=C\C/C=C\C/C=C\CCCCCCCCCOCC(COP(=O)(O)OCC[N+](C)(C)C)OC(=O)CCCCCCCCCCC/C=C\CCCCCCCC. The molecule has 0 radical (unpaired) electrons. The molecule has 0 saturated heterocycles. The van der Waals surface area contributed by atoms with Crippen molar-refractivity contribution < 1.29 is 37.3 Å². The first kappa shape index (κ1) is 59.5. The van der Waals surface area contributed by atoms with Crippen LogP contribution >= 0.6 is 7.82 Å². The fourth-order valence-electron chi connectivity index (χ4n) is 6.91. The number of phosphoric acid groups is 1. The number of unbranched alkanes of at least 4 members (excludes halogenated alkanes) is 25. The Labute approximate surface area is 378 Å². The van der Waals surface area contributed by atoms with Gasteiger partial charge in [0.2, 0.25) is 0 Å². The monoisotopic (exact) mass is 881 g/mol. The maximum Gasteiger partial charge on any atom is 0.472 e. The number of allylic oxidation sites excluding steroid dienone is 8. The van der Waals surface area contributed by atoms with Crippen LogP contribution in [0.4, 0.5) is 0 Å². The van der Waals surface area contributed by atoms with Crippen LogP contribution in [0.2, 0.25) is 0 Å². The van der Waals surface area contributed by atoms with E-state index in [1.165, 1.54) is 148 Å². The molecule has 0 rings (SSSR count).